The molecule has 0 saturated heterocycles. The Morgan fingerprint density at radius 2 is 1.55 bits per heavy atom. The number of hydrogen-bond acceptors (Lipinski definition) is 2. The molecule has 0 aliphatic heterocycles. The maximum absolute atomic E-state index is 6.26. The molecule has 0 aliphatic carbocycles. The second-order valence-electron chi connectivity index (χ2n) is 4.16. The fourth-order valence-electron chi connectivity index (χ4n) is 1.93. The van der Waals surface area contributed by atoms with Crippen molar-refractivity contribution in [2.24, 2.45) is 0 Å². The number of rotatable bonds is 2. The molecule has 0 N–H and O–H groups in total. The largest absolute Gasteiger partial charge is 0.244 e. The summed E-state index contributed by atoms with van der Waals surface area (Å²) in [7, 11) is 0. The molecule has 0 spiro atoms. The summed E-state index contributed by atoms with van der Waals surface area (Å²) in [5, 5.41) is 1.92. The van der Waals surface area contributed by atoms with E-state index < -0.39 is 0 Å². The Hall–Kier alpha value is -1.06. The normalized spacial score (nSPS) is 10.8. The first-order chi connectivity index (χ1) is 9.65. The van der Waals surface area contributed by atoms with Crippen molar-refractivity contribution in [3.63, 3.8) is 0 Å². The minimum atomic E-state index is 0.596. The van der Waals surface area contributed by atoms with E-state index >= 15 is 0 Å². The lowest BCUT2D eigenvalue weighted by atomic mass is 10.1. The Morgan fingerprint density at radius 1 is 0.850 bits per heavy atom. The Kier molecular flexibility index (Phi) is 3.99. The topological polar surface area (TPSA) is 12.9 Å². The molecule has 1 aromatic heterocycles. The van der Waals surface area contributed by atoms with Gasteiger partial charge in [0.15, 0.2) is 0 Å². The van der Waals surface area contributed by atoms with Gasteiger partial charge in [-0.15, -0.1) is 11.3 Å². The predicted molar refractivity (Wildman–Crippen MR) is 88.0 cm³/mol. The fraction of sp³-hybridized carbons (Fsp3) is 0. The van der Waals surface area contributed by atoms with Gasteiger partial charge < -0.3 is 0 Å². The van der Waals surface area contributed by atoms with E-state index in [1.165, 1.54) is 0 Å². The summed E-state index contributed by atoms with van der Waals surface area (Å²) in [6.07, 6.45) is 0. The molecule has 20 heavy (non-hydrogen) atoms. The van der Waals surface area contributed by atoms with E-state index in [1.807, 2.05) is 41.9 Å². The van der Waals surface area contributed by atoms with Crippen LogP contribution in [0, 0.1) is 0 Å². The maximum Gasteiger partial charge on any atom is 0.0905 e. The van der Waals surface area contributed by atoms with Gasteiger partial charge in [0.1, 0.15) is 0 Å². The Balaban J connectivity index is 2.12. The fourth-order valence-corrected chi connectivity index (χ4v) is 3.36. The monoisotopic (exact) mass is 339 g/mol. The molecule has 0 radical (unpaired) electrons. The van der Waals surface area contributed by atoms with Gasteiger partial charge in [-0.3, -0.25) is 0 Å². The number of aromatic nitrogens is 1. The smallest absolute Gasteiger partial charge is 0.0905 e. The summed E-state index contributed by atoms with van der Waals surface area (Å²) in [6, 6.07) is 13.1. The van der Waals surface area contributed by atoms with E-state index in [4.69, 9.17) is 34.8 Å². The molecular formula is C15H8Cl3NS. The number of halogens is 3. The first-order valence-corrected chi connectivity index (χ1v) is 7.81. The summed E-state index contributed by atoms with van der Waals surface area (Å²) in [4.78, 5) is 5.49. The van der Waals surface area contributed by atoms with Crippen molar-refractivity contribution in [3.05, 3.63) is 63.0 Å². The zero-order valence-electron chi connectivity index (χ0n) is 10.1. The lowest BCUT2D eigenvalue weighted by molar-refractivity contribution is 1.41. The van der Waals surface area contributed by atoms with Crippen molar-refractivity contribution in [2.45, 2.75) is 0 Å². The van der Waals surface area contributed by atoms with E-state index in [2.05, 4.69) is 4.98 Å². The van der Waals surface area contributed by atoms with Crippen molar-refractivity contribution >= 4 is 46.1 Å². The molecule has 0 saturated carbocycles. The molecule has 0 atom stereocenters. The highest BCUT2D eigenvalue weighted by atomic mass is 35.5. The first kappa shape index (κ1) is 13.9. The van der Waals surface area contributed by atoms with Crippen LogP contribution in [0.4, 0.5) is 0 Å². The highest BCUT2D eigenvalue weighted by molar-refractivity contribution is 7.13. The molecule has 0 aliphatic rings. The van der Waals surface area contributed by atoms with Gasteiger partial charge in [0.2, 0.25) is 0 Å². The summed E-state index contributed by atoms with van der Waals surface area (Å²) < 4.78 is 0. The van der Waals surface area contributed by atoms with Gasteiger partial charge in [-0.25, -0.2) is 4.98 Å². The average Bonchev–Trinajstić information content (AvgIpc) is 2.88. The number of hydrogen-bond donors (Lipinski definition) is 0. The molecule has 2 aromatic carbocycles. The van der Waals surface area contributed by atoms with Crippen molar-refractivity contribution in [1.82, 2.24) is 4.98 Å². The molecule has 3 rings (SSSR count). The molecule has 5 heteroatoms. The maximum atomic E-state index is 6.26. The SMILES string of the molecule is Clc1ccc(-c2scnc2-c2ccc(Cl)cc2Cl)cc1. The van der Waals surface area contributed by atoms with Gasteiger partial charge >= 0.3 is 0 Å². The minimum absolute atomic E-state index is 0.596. The summed E-state index contributed by atoms with van der Waals surface area (Å²) >= 11 is 19.7. The molecule has 100 valence electrons. The van der Waals surface area contributed by atoms with Crippen LogP contribution in [-0.4, -0.2) is 4.98 Å². The third-order valence-electron chi connectivity index (χ3n) is 2.86. The second-order valence-corrected chi connectivity index (χ2v) is 6.30. The number of benzene rings is 2. The van der Waals surface area contributed by atoms with Gasteiger partial charge in [-0.1, -0.05) is 46.9 Å². The lowest BCUT2D eigenvalue weighted by Crippen LogP contribution is -1.83. The van der Waals surface area contributed by atoms with Crippen molar-refractivity contribution in [1.29, 1.82) is 0 Å². The highest BCUT2D eigenvalue weighted by Crippen LogP contribution is 2.38. The summed E-state index contributed by atoms with van der Waals surface area (Å²) in [5.74, 6) is 0. The van der Waals surface area contributed by atoms with Crippen molar-refractivity contribution in [3.8, 4) is 21.7 Å². The average molecular weight is 341 g/mol. The van der Waals surface area contributed by atoms with Crippen LogP contribution in [0.5, 0.6) is 0 Å². The molecule has 0 amide bonds. The predicted octanol–water partition coefficient (Wildman–Crippen LogP) is 6.44. The number of thiazole rings is 1. The Morgan fingerprint density at radius 3 is 2.25 bits per heavy atom. The third-order valence-corrected chi connectivity index (χ3v) is 4.54. The number of nitrogens with zero attached hydrogens (tertiary/aromatic N) is 1. The lowest BCUT2D eigenvalue weighted by Gasteiger charge is -2.05. The zero-order valence-corrected chi connectivity index (χ0v) is 13.2. The van der Waals surface area contributed by atoms with E-state index in [1.54, 1.807) is 17.4 Å². The molecule has 0 bridgehead atoms. The van der Waals surface area contributed by atoms with Gasteiger partial charge in [0.25, 0.3) is 0 Å². The van der Waals surface area contributed by atoms with Crippen LogP contribution in [0.1, 0.15) is 0 Å². The second kappa shape index (κ2) is 5.74. The quantitative estimate of drug-likeness (QED) is 0.523. The molecule has 0 fully saturated rings. The van der Waals surface area contributed by atoms with E-state index in [0.717, 1.165) is 21.7 Å². The molecule has 3 aromatic rings. The van der Waals surface area contributed by atoms with Crippen molar-refractivity contribution < 1.29 is 0 Å². The van der Waals surface area contributed by atoms with Crippen LogP contribution in [0.15, 0.2) is 48.0 Å². The third kappa shape index (κ3) is 2.70. The summed E-state index contributed by atoms with van der Waals surface area (Å²) in [5.41, 5.74) is 4.61. The van der Waals surface area contributed by atoms with Crippen LogP contribution in [-0.2, 0) is 0 Å². The molecule has 0 unspecified atom stereocenters. The van der Waals surface area contributed by atoms with E-state index in [9.17, 15) is 0 Å². The summed E-state index contributed by atoms with van der Waals surface area (Å²) in [6.45, 7) is 0. The standard InChI is InChI=1S/C15H8Cl3NS/c16-10-3-1-9(2-4-10)15-14(19-8-20-15)12-6-5-11(17)7-13(12)18/h1-8H. The minimum Gasteiger partial charge on any atom is -0.244 e. The van der Waals surface area contributed by atoms with Crippen molar-refractivity contribution in [2.75, 3.05) is 0 Å². The highest BCUT2D eigenvalue weighted by Gasteiger charge is 2.13. The van der Waals surface area contributed by atoms with Gasteiger partial charge in [0, 0.05) is 15.6 Å². The van der Waals surface area contributed by atoms with Gasteiger partial charge in [-0.2, -0.15) is 0 Å². The van der Waals surface area contributed by atoms with Gasteiger partial charge in [0.05, 0.1) is 21.1 Å². The van der Waals surface area contributed by atoms with E-state index in [0.29, 0.717) is 15.1 Å². The Labute approximate surface area is 135 Å². The van der Waals surface area contributed by atoms with Crippen LogP contribution in [0.25, 0.3) is 21.7 Å². The zero-order chi connectivity index (χ0) is 14.1. The van der Waals surface area contributed by atoms with Crippen LogP contribution in [0.3, 0.4) is 0 Å². The molecule has 1 nitrogen and oxygen atoms in total. The van der Waals surface area contributed by atoms with E-state index in [-0.39, 0.29) is 0 Å². The Bertz CT molecular complexity index is 750. The van der Waals surface area contributed by atoms with Crippen LogP contribution < -0.4 is 0 Å². The van der Waals surface area contributed by atoms with Gasteiger partial charge in [-0.05, 0) is 35.9 Å². The van der Waals surface area contributed by atoms with Crippen LogP contribution >= 0.6 is 46.1 Å². The first-order valence-electron chi connectivity index (χ1n) is 5.80. The molecule has 1 heterocycles. The molecular weight excluding hydrogens is 333 g/mol. The van der Waals surface area contributed by atoms with Crippen LogP contribution in [0.2, 0.25) is 15.1 Å².